The Morgan fingerprint density at radius 2 is 1.76 bits per heavy atom. The highest BCUT2D eigenvalue weighted by molar-refractivity contribution is 5.85. The minimum atomic E-state index is -4.86. The quantitative estimate of drug-likeness (QED) is 0.380. The molecule has 206 valence electrons. The number of nitrogens with one attached hydrogen (secondary N) is 1. The summed E-state index contributed by atoms with van der Waals surface area (Å²) in [5, 5.41) is 2.57. The molecule has 5 nitrogen and oxygen atoms in total. The normalized spacial score (nSPS) is 18.1. The van der Waals surface area contributed by atoms with Gasteiger partial charge in [-0.3, -0.25) is 9.59 Å². The lowest BCUT2D eigenvalue weighted by Gasteiger charge is -2.28. The summed E-state index contributed by atoms with van der Waals surface area (Å²) in [6.07, 6.45) is -5.48. The van der Waals surface area contributed by atoms with Gasteiger partial charge in [-0.05, 0) is 56.7 Å². The summed E-state index contributed by atoms with van der Waals surface area (Å²) in [6.45, 7) is 5.54. The molecule has 1 saturated carbocycles. The second-order valence-electron chi connectivity index (χ2n) is 9.27. The number of aryl methyl sites for hydroxylation is 1. The second-order valence-corrected chi connectivity index (χ2v) is 9.27. The van der Waals surface area contributed by atoms with E-state index in [9.17, 15) is 35.9 Å². The van der Waals surface area contributed by atoms with Crippen molar-refractivity contribution in [3.05, 3.63) is 41.3 Å². The first kappa shape index (κ1) is 30.4. The molecule has 11 heteroatoms. The van der Waals surface area contributed by atoms with E-state index in [2.05, 4.69) is 24.1 Å². The summed E-state index contributed by atoms with van der Waals surface area (Å²) in [4.78, 5) is 27.2. The van der Waals surface area contributed by atoms with Crippen LogP contribution < -0.4 is 5.32 Å². The molecular weight excluding hydrogens is 502 g/mol. The molecule has 0 saturated heterocycles. The van der Waals surface area contributed by atoms with E-state index in [4.69, 9.17) is 4.42 Å². The molecule has 0 spiro atoms. The highest BCUT2D eigenvalue weighted by atomic mass is 19.4. The van der Waals surface area contributed by atoms with Crippen molar-refractivity contribution in [3.63, 3.8) is 0 Å². The van der Waals surface area contributed by atoms with Crippen molar-refractivity contribution in [2.75, 3.05) is 6.54 Å². The van der Waals surface area contributed by atoms with Crippen LogP contribution in [0.25, 0.3) is 11.5 Å². The van der Waals surface area contributed by atoms with Crippen molar-refractivity contribution >= 4 is 11.7 Å². The number of benzene rings is 1. The van der Waals surface area contributed by atoms with Crippen LogP contribution in [0.2, 0.25) is 0 Å². The molecule has 1 fully saturated rings. The first-order valence-electron chi connectivity index (χ1n) is 12.3. The van der Waals surface area contributed by atoms with Gasteiger partial charge in [0.2, 0.25) is 17.6 Å². The number of ketones is 1. The number of halogens is 6. The zero-order chi connectivity index (χ0) is 27.8. The van der Waals surface area contributed by atoms with Gasteiger partial charge in [0.15, 0.2) is 0 Å². The Morgan fingerprint density at radius 3 is 2.35 bits per heavy atom. The largest absolute Gasteiger partial charge is 0.451 e. The number of carbonyl (C=O) groups is 2. The Bertz CT molecular complexity index is 1050. The van der Waals surface area contributed by atoms with Crippen LogP contribution >= 0.6 is 0 Å². The van der Waals surface area contributed by atoms with Gasteiger partial charge in [0, 0.05) is 11.5 Å². The van der Waals surface area contributed by atoms with Crippen LogP contribution in [0.3, 0.4) is 0 Å². The fraction of sp³-hybridized carbons (Fsp3) is 0.577. The zero-order valence-electron chi connectivity index (χ0n) is 21.1. The van der Waals surface area contributed by atoms with E-state index < -0.39 is 29.6 Å². The lowest BCUT2D eigenvalue weighted by Crippen LogP contribution is -2.36. The number of aromatic nitrogens is 1. The molecule has 1 aliphatic rings. The van der Waals surface area contributed by atoms with E-state index in [1.165, 1.54) is 19.4 Å². The minimum Gasteiger partial charge on any atom is -0.431 e. The molecule has 0 bridgehead atoms. The summed E-state index contributed by atoms with van der Waals surface area (Å²) < 4.78 is 84.4. The van der Waals surface area contributed by atoms with E-state index in [0.29, 0.717) is 25.3 Å². The van der Waals surface area contributed by atoms with Gasteiger partial charge in [0.25, 0.3) is 0 Å². The van der Waals surface area contributed by atoms with Crippen LogP contribution in [-0.4, -0.2) is 23.2 Å². The third-order valence-electron chi connectivity index (χ3n) is 5.85. The van der Waals surface area contributed by atoms with Crippen molar-refractivity contribution in [2.24, 2.45) is 11.8 Å². The highest BCUT2D eigenvalue weighted by Gasteiger charge is 2.40. The van der Waals surface area contributed by atoms with E-state index in [0.717, 1.165) is 25.0 Å². The van der Waals surface area contributed by atoms with E-state index in [-0.39, 0.29) is 47.7 Å². The summed E-state index contributed by atoms with van der Waals surface area (Å²) >= 11 is 0. The van der Waals surface area contributed by atoms with E-state index in [1.54, 1.807) is 0 Å². The number of hydrogen-bond donors (Lipinski definition) is 1. The molecule has 0 radical (unpaired) electrons. The molecule has 1 aromatic heterocycles. The highest BCUT2D eigenvalue weighted by Crippen LogP contribution is 2.39. The number of oxazole rings is 1. The molecule has 1 heterocycles. The maximum absolute atomic E-state index is 13.5. The monoisotopic (exact) mass is 534 g/mol. The number of rotatable bonds is 7. The van der Waals surface area contributed by atoms with Crippen molar-refractivity contribution in [1.82, 2.24) is 10.3 Å². The van der Waals surface area contributed by atoms with Crippen LogP contribution in [0.15, 0.2) is 28.7 Å². The third kappa shape index (κ3) is 9.19. The zero-order valence-corrected chi connectivity index (χ0v) is 21.1. The Hall–Kier alpha value is -2.85. The molecule has 1 aromatic carbocycles. The van der Waals surface area contributed by atoms with Crippen molar-refractivity contribution < 1.29 is 40.3 Å². The Kier molecular flexibility index (Phi) is 10.8. The molecule has 3 rings (SSSR count). The summed E-state index contributed by atoms with van der Waals surface area (Å²) in [6, 6.07) is 3.79. The summed E-state index contributed by atoms with van der Waals surface area (Å²) in [7, 11) is 0. The summed E-state index contributed by atoms with van der Waals surface area (Å²) in [5.41, 5.74) is -1.59. The standard InChI is InChI=1S/C23H24F6N2O3.C3H8/c1-13(32)12-30-20(33)15-5-2-4-14(10-15)8-9-18-19(23(27,28)29)34-21(31-18)16-6-3-7-17(11-16)22(24,25)26;1-3-2/h3,6-7,11,14-15H,2,4-5,8-10,12H2,1H3,(H,30,33);3H2,1-2H3. The Labute approximate surface area is 212 Å². The number of amides is 1. The van der Waals surface area contributed by atoms with Gasteiger partial charge in [-0.1, -0.05) is 39.2 Å². The van der Waals surface area contributed by atoms with Crippen LogP contribution in [0, 0.1) is 11.8 Å². The van der Waals surface area contributed by atoms with Crippen LogP contribution in [0.4, 0.5) is 26.3 Å². The maximum Gasteiger partial charge on any atom is 0.451 e. The predicted octanol–water partition coefficient (Wildman–Crippen LogP) is 7.24. The average molecular weight is 535 g/mol. The number of nitrogens with zero attached hydrogens (tertiary/aromatic N) is 1. The van der Waals surface area contributed by atoms with Crippen molar-refractivity contribution in [3.8, 4) is 11.5 Å². The number of alkyl halides is 6. The predicted molar refractivity (Wildman–Crippen MR) is 125 cm³/mol. The van der Waals surface area contributed by atoms with Gasteiger partial charge < -0.3 is 9.73 Å². The van der Waals surface area contributed by atoms with Crippen LogP contribution in [0.1, 0.15) is 76.3 Å². The smallest absolute Gasteiger partial charge is 0.431 e. The van der Waals surface area contributed by atoms with E-state index in [1.807, 2.05) is 0 Å². The van der Waals surface area contributed by atoms with Crippen LogP contribution in [0.5, 0.6) is 0 Å². The Morgan fingerprint density at radius 1 is 1.08 bits per heavy atom. The molecule has 37 heavy (non-hydrogen) atoms. The lowest BCUT2D eigenvalue weighted by atomic mass is 9.78. The van der Waals surface area contributed by atoms with Crippen molar-refractivity contribution in [2.45, 2.75) is 78.1 Å². The first-order chi connectivity index (χ1) is 17.3. The average Bonchev–Trinajstić information content (AvgIpc) is 3.26. The molecule has 0 aliphatic heterocycles. The fourth-order valence-corrected chi connectivity index (χ4v) is 4.18. The SMILES string of the molecule is CC(=O)CNC(=O)C1CCCC(CCc2nc(-c3cccc(C(F)(F)F)c3)oc2C(F)(F)F)C1.CCC. The van der Waals surface area contributed by atoms with Gasteiger partial charge in [-0.2, -0.15) is 26.3 Å². The summed E-state index contributed by atoms with van der Waals surface area (Å²) in [5.74, 6) is -2.63. The first-order valence-corrected chi connectivity index (χ1v) is 12.3. The maximum atomic E-state index is 13.5. The van der Waals surface area contributed by atoms with Gasteiger partial charge >= 0.3 is 12.4 Å². The number of carbonyl (C=O) groups excluding carboxylic acids is 2. The molecular formula is C26H32F6N2O3. The van der Waals surface area contributed by atoms with Crippen molar-refractivity contribution in [1.29, 1.82) is 0 Å². The van der Waals surface area contributed by atoms with Gasteiger partial charge in [-0.25, -0.2) is 4.98 Å². The second kappa shape index (κ2) is 13.1. The number of Topliss-reactive ketones (excluding diaryl/α,β-unsaturated/α-hetero) is 1. The molecule has 2 unspecified atom stereocenters. The van der Waals surface area contributed by atoms with E-state index >= 15 is 0 Å². The lowest BCUT2D eigenvalue weighted by molar-refractivity contribution is -0.153. The van der Waals surface area contributed by atoms with Crippen LogP contribution in [-0.2, 0) is 28.4 Å². The molecule has 1 aliphatic carbocycles. The Balaban J connectivity index is 0.00000153. The molecule has 2 aromatic rings. The fourth-order valence-electron chi connectivity index (χ4n) is 4.18. The van der Waals surface area contributed by atoms with Gasteiger partial charge in [0.1, 0.15) is 5.78 Å². The van der Waals surface area contributed by atoms with Gasteiger partial charge in [0.05, 0.1) is 17.8 Å². The van der Waals surface area contributed by atoms with Gasteiger partial charge in [-0.15, -0.1) is 0 Å². The molecule has 2 atom stereocenters. The molecule has 1 amide bonds. The third-order valence-corrected chi connectivity index (χ3v) is 5.85. The molecule has 1 N–H and O–H groups in total. The topological polar surface area (TPSA) is 72.2 Å². The number of hydrogen-bond acceptors (Lipinski definition) is 4. The minimum absolute atomic E-state index is 0.0309.